The normalized spacial score (nSPS) is 14.1. The molecule has 1 fully saturated rings. The Labute approximate surface area is 157 Å². The fourth-order valence-electron chi connectivity index (χ4n) is 3.10. The van der Waals surface area contributed by atoms with Crippen molar-refractivity contribution < 1.29 is 0 Å². The van der Waals surface area contributed by atoms with Crippen LogP contribution in [-0.2, 0) is 6.54 Å². The van der Waals surface area contributed by atoms with Gasteiger partial charge in [-0.05, 0) is 24.3 Å². The van der Waals surface area contributed by atoms with E-state index in [1.165, 1.54) is 0 Å². The van der Waals surface area contributed by atoms with E-state index < -0.39 is 0 Å². The Hall–Kier alpha value is -3.29. The smallest absolute Gasteiger partial charge is 0.266 e. The Kier molecular flexibility index (Phi) is 4.53. The van der Waals surface area contributed by atoms with Crippen LogP contribution in [0.15, 0.2) is 53.7 Å². The van der Waals surface area contributed by atoms with Crippen molar-refractivity contribution in [1.29, 1.82) is 0 Å². The fraction of sp³-hybridized carbons (Fsp3) is 0.316. The first-order chi connectivity index (χ1) is 13.1. The molecule has 0 spiro atoms. The number of hydrogen-bond donors (Lipinski definition) is 0. The fourth-order valence-corrected chi connectivity index (χ4v) is 3.10. The molecule has 27 heavy (non-hydrogen) atoms. The minimum atomic E-state index is -0.0852. The molecular formula is C19H21N7O. The van der Waals surface area contributed by atoms with Gasteiger partial charge in [-0.2, -0.15) is 10.1 Å². The predicted molar refractivity (Wildman–Crippen MR) is 104 cm³/mol. The summed E-state index contributed by atoms with van der Waals surface area (Å²) in [7, 11) is 3.84. The zero-order valence-corrected chi connectivity index (χ0v) is 15.4. The third-order valence-electron chi connectivity index (χ3n) is 4.56. The van der Waals surface area contributed by atoms with Gasteiger partial charge in [0.05, 0.1) is 12.2 Å². The van der Waals surface area contributed by atoms with Gasteiger partial charge in [0.2, 0.25) is 5.95 Å². The van der Waals surface area contributed by atoms with Crippen LogP contribution in [0.1, 0.15) is 0 Å². The highest BCUT2D eigenvalue weighted by Crippen LogP contribution is 2.24. The van der Waals surface area contributed by atoms with Crippen LogP contribution in [0.5, 0.6) is 0 Å². The Morgan fingerprint density at radius 1 is 1.15 bits per heavy atom. The molecule has 1 aliphatic rings. The summed E-state index contributed by atoms with van der Waals surface area (Å²) in [6, 6.07) is 9.02. The van der Waals surface area contributed by atoms with E-state index in [2.05, 4.69) is 25.0 Å². The molecule has 4 heterocycles. The standard InChI is InChI=1S/C19H21N7O/c1-24(2)19-21-9-7-17(22-19)25-11-14(12-25)13-26-18(27)6-5-16(23-26)15-4-3-8-20-10-15/h3-10,14H,11-13H2,1-2H3. The summed E-state index contributed by atoms with van der Waals surface area (Å²) in [5.41, 5.74) is 1.57. The van der Waals surface area contributed by atoms with Crippen molar-refractivity contribution in [2.75, 3.05) is 37.0 Å². The average molecular weight is 363 g/mol. The molecule has 1 saturated heterocycles. The lowest BCUT2D eigenvalue weighted by Gasteiger charge is -2.40. The Morgan fingerprint density at radius 3 is 2.74 bits per heavy atom. The summed E-state index contributed by atoms with van der Waals surface area (Å²) in [4.78, 5) is 29.2. The molecule has 8 heteroatoms. The average Bonchev–Trinajstić information content (AvgIpc) is 2.66. The first-order valence-corrected chi connectivity index (χ1v) is 8.84. The van der Waals surface area contributed by atoms with Gasteiger partial charge in [-0.15, -0.1) is 0 Å². The van der Waals surface area contributed by atoms with Crippen molar-refractivity contribution in [2.24, 2.45) is 5.92 Å². The molecule has 8 nitrogen and oxygen atoms in total. The number of rotatable bonds is 5. The Morgan fingerprint density at radius 2 is 2.00 bits per heavy atom. The number of pyridine rings is 1. The summed E-state index contributed by atoms with van der Waals surface area (Å²) in [6.07, 6.45) is 5.24. The minimum Gasteiger partial charge on any atom is -0.356 e. The molecule has 0 saturated carbocycles. The molecule has 3 aromatic heterocycles. The van der Waals surface area contributed by atoms with Crippen LogP contribution >= 0.6 is 0 Å². The van der Waals surface area contributed by atoms with Crippen LogP contribution in [-0.4, -0.2) is 51.9 Å². The molecule has 0 radical (unpaired) electrons. The molecule has 0 bridgehead atoms. The van der Waals surface area contributed by atoms with Gasteiger partial charge in [0.1, 0.15) is 5.82 Å². The molecular weight excluding hydrogens is 342 g/mol. The van der Waals surface area contributed by atoms with Gasteiger partial charge >= 0.3 is 0 Å². The maximum absolute atomic E-state index is 12.2. The summed E-state index contributed by atoms with van der Waals surface area (Å²) in [5, 5.41) is 4.51. The highest BCUT2D eigenvalue weighted by molar-refractivity contribution is 5.56. The lowest BCUT2D eigenvalue weighted by molar-refractivity contribution is 0.333. The maximum atomic E-state index is 12.2. The number of anilines is 2. The molecule has 0 N–H and O–H groups in total. The minimum absolute atomic E-state index is 0.0852. The van der Waals surface area contributed by atoms with E-state index in [4.69, 9.17) is 0 Å². The van der Waals surface area contributed by atoms with E-state index in [9.17, 15) is 4.79 Å². The molecule has 0 aliphatic carbocycles. The largest absolute Gasteiger partial charge is 0.356 e. The summed E-state index contributed by atoms with van der Waals surface area (Å²) in [5.74, 6) is 1.96. The van der Waals surface area contributed by atoms with E-state index in [0.29, 0.717) is 18.4 Å². The second kappa shape index (κ2) is 7.14. The van der Waals surface area contributed by atoms with Gasteiger partial charge in [-0.1, -0.05) is 0 Å². The van der Waals surface area contributed by atoms with Crippen LogP contribution in [0.25, 0.3) is 11.3 Å². The summed E-state index contributed by atoms with van der Waals surface area (Å²) >= 11 is 0. The molecule has 0 aromatic carbocycles. The monoisotopic (exact) mass is 363 g/mol. The highest BCUT2D eigenvalue weighted by Gasteiger charge is 2.29. The molecule has 138 valence electrons. The van der Waals surface area contributed by atoms with Crippen molar-refractivity contribution in [3.8, 4) is 11.3 Å². The molecule has 1 aliphatic heterocycles. The van der Waals surface area contributed by atoms with Crippen LogP contribution in [0.4, 0.5) is 11.8 Å². The SMILES string of the molecule is CN(C)c1nccc(N2CC(Cn3nc(-c4cccnc4)ccc3=O)C2)n1. The molecule has 0 unspecified atom stereocenters. The number of hydrogen-bond acceptors (Lipinski definition) is 7. The zero-order valence-electron chi connectivity index (χ0n) is 15.4. The van der Waals surface area contributed by atoms with Crippen molar-refractivity contribution in [1.82, 2.24) is 24.7 Å². The van der Waals surface area contributed by atoms with Crippen LogP contribution in [0, 0.1) is 5.92 Å². The van der Waals surface area contributed by atoms with Gasteiger partial charge in [-0.3, -0.25) is 9.78 Å². The van der Waals surface area contributed by atoms with Crippen LogP contribution in [0.2, 0.25) is 0 Å². The summed E-state index contributed by atoms with van der Waals surface area (Å²) < 4.78 is 1.55. The van der Waals surface area contributed by atoms with Crippen molar-refractivity contribution in [2.45, 2.75) is 6.54 Å². The Bertz CT molecular complexity index is 981. The maximum Gasteiger partial charge on any atom is 0.266 e. The second-order valence-electron chi connectivity index (χ2n) is 6.86. The first-order valence-electron chi connectivity index (χ1n) is 8.84. The molecule has 4 rings (SSSR count). The van der Waals surface area contributed by atoms with E-state index in [1.54, 1.807) is 35.4 Å². The van der Waals surface area contributed by atoms with Crippen molar-refractivity contribution in [3.05, 3.63) is 59.3 Å². The van der Waals surface area contributed by atoms with Gasteiger partial charge in [0.15, 0.2) is 0 Å². The number of nitrogens with zero attached hydrogens (tertiary/aromatic N) is 7. The lowest BCUT2D eigenvalue weighted by atomic mass is 10.0. The van der Waals surface area contributed by atoms with Gasteiger partial charge < -0.3 is 9.80 Å². The van der Waals surface area contributed by atoms with E-state index >= 15 is 0 Å². The molecule has 0 atom stereocenters. The predicted octanol–water partition coefficient (Wildman–Crippen LogP) is 1.30. The van der Waals surface area contributed by atoms with Crippen molar-refractivity contribution in [3.63, 3.8) is 0 Å². The van der Waals surface area contributed by atoms with Crippen molar-refractivity contribution >= 4 is 11.8 Å². The first kappa shape index (κ1) is 17.1. The van der Waals surface area contributed by atoms with E-state index in [0.717, 1.165) is 30.2 Å². The van der Waals surface area contributed by atoms with E-state index in [-0.39, 0.29) is 5.56 Å². The van der Waals surface area contributed by atoms with Crippen LogP contribution < -0.4 is 15.4 Å². The second-order valence-corrected chi connectivity index (χ2v) is 6.86. The topological polar surface area (TPSA) is 80.0 Å². The van der Waals surface area contributed by atoms with Gasteiger partial charge in [-0.25, -0.2) is 9.67 Å². The van der Waals surface area contributed by atoms with Crippen LogP contribution in [0.3, 0.4) is 0 Å². The molecule has 0 amide bonds. The summed E-state index contributed by atoms with van der Waals surface area (Å²) in [6.45, 7) is 2.28. The van der Waals surface area contributed by atoms with E-state index in [1.807, 2.05) is 37.2 Å². The van der Waals surface area contributed by atoms with Gasteiger partial charge in [0, 0.05) is 63.3 Å². The van der Waals surface area contributed by atoms with Gasteiger partial charge in [0.25, 0.3) is 5.56 Å². The number of aromatic nitrogens is 5. The third kappa shape index (κ3) is 3.64. The molecule has 3 aromatic rings. The highest BCUT2D eigenvalue weighted by atomic mass is 16.1. The quantitative estimate of drug-likeness (QED) is 0.676. The Balaban J connectivity index is 1.44. The lowest BCUT2D eigenvalue weighted by Crippen LogP contribution is -2.50. The zero-order chi connectivity index (χ0) is 18.8. The third-order valence-corrected chi connectivity index (χ3v) is 4.56.